The predicted molar refractivity (Wildman–Crippen MR) is 95.1 cm³/mol. The topological polar surface area (TPSA) is 67.9 Å². The molecular weight excluding hydrogens is 320 g/mol. The van der Waals surface area contributed by atoms with Crippen LogP contribution in [0.4, 0.5) is 9.59 Å². The number of likely N-dealkylation sites (tertiary alicyclic amines) is 1. The number of carbonyl (C=O) groups excluding carboxylic acids is 2. The minimum atomic E-state index is -0.530. The lowest BCUT2D eigenvalue weighted by atomic mass is 9.94. The Bertz CT molecular complexity index is 583. The lowest BCUT2D eigenvalue weighted by Gasteiger charge is -2.37. The molecule has 1 saturated heterocycles. The average molecular weight is 348 g/mol. The highest BCUT2D eigenvalue weighted by atomic mass is 16.6. The summed E-state index contributed by atoms with van der Waals surface area (Å²) >= 11 is 0. The van der Waals surface area contributed by atoms with Crippen molar-refractivity contribution in [3.8, 4) is 0 Å². The average Bonchev–Trinajstić information content (AvgIpc) is 2.54. The molecule has 1 aromatic rings. The number of nitrogens with zero attached hydrogens (tertiary/aromatic N) is 1. The first-order valence-electron chi connectivity index (χ1n) is 8.70. The largest absolute Gasteiger partial charge is 0.445 e. The van der Waals surface area contributed by atoms with Crippen LogP contribution < -0.4 is 5.32 Å². The van der Waals surface area contributed by atoms with Crippen molar-refractivity contribution >= 4 is 12.2 Å². The summed E-state index contributed by atoms with van der Waals surface area (Å²) in [6.07, 6.45) is -0.00123. The zero-order valence-electron chi connectivity index (χ0n) is 15.5. The van der Waals surface area contributed by atoms with Gasteiger partial charge >= 0.3 is 12.2 Å². The molecule has 0 saturated carbocycles. The fourth-order valence-electron chi connectivity index (χ4n) is 2.67. The van der Waals surface area contributed by atoms with Crippen molar-refractivity contribution in [1.82, 2.24) is 10.2 Å². The number of amides is 2. The van der Waals surface area contributed by atoms with Gasteiger partial charge in [-0.05, 0) is 38.7 Å². The van der Waals surface area contributed by atoms with E-state index in [2.05, 4.69) is 12.2 Å². The Kier molecular flexibility index (Phi) is 6.28. The molecule has 0 spiro atoms. The predicted octanol–water partition coefficient (Wildman–Crippen LogP) is 3.56. The number of ether oxygens (including phenoxy) is 2. The van der Waals surface area contributed by atoms with Crippen molar-refractivity contribution in [2.24, 2.45) is 5.92 Å². The molecule has 6 heteroatoms. The molecule has 138 valence electrons. The maximum atomic E-state index is 12.2. The van der Waals surface area contributed by atoms with Crippen LogP contribution in [0.3, 0.4) is 0 Å². The van der Waals surface area contributed by atoms with E-state index in [0.717, 1.165) is 12.0 Å². The van der Waals surface area contributed by atoms with Crippen LogP contribution in [0.5, 0.6) is 0 Å². The summed E-state index contributed by atoms with van der Waals surface area (Å²) in [6, 6.07) is 9.38. The second-order valence-electron chi connectivity index (χ2n) is 7.50. The third-order valence-electron chi connectivity index (χ3n) is 4.13. The number of nitrogens with one attached hydrogen (secondary N) is 1. The molecule has 2 amide bonds. The highest BCUT2D eigenvalue weighted by Crippen LogP contribution is 2.20. The molecule has 0 bridgehead atoms. The second-order valence-corrected chi connectivity index (χ2v) is 7.50. The van der Waals surface area contributed by atoms with E-state index in [9.17, 15) is 9.59 Å². The maximum Gasteiger partial charge on any atom is 0.410 e. The maximum absolute atomic E-state index is 12.2. The zero-order valence-corrected chi connectivity index (χ0v) is 15.5. The zero-order chi connectivity index (χ0) is 18.4. The summed E-state index contributed by atoms with van der Waals surface area (Å²) in [4.78, 5) is 25.9. The van der Waals surface area contributed by atoms with Gasteiger partial charge in [0.1, 0.15) is 12.2 Å². The minimum absolute atomic E-state index is 0.149. The van der Waals surface area contributed by atoms with Crippen LogP contribution in [-0.4, -0.2) is 41.8 Å². The fourth-order valence-corrected chi connectivity index (χ4v) is 2.67. The monoisotopic (exact) mass is 348 g/mol. The van der Waals surface area contributed by atoms with Crippen LogP contribution >= 0.6 is 0 Å². The molecule has 1 fully saturated rings. The van der Waals surface area contributed by atoms with Gasteiger partial charge in [0.05, 0.1) is 6.04 Å². The van der Waals surface area contributed by atoms with Crippen LogP contribution in [-0.2, 0) is 16.1 Å². The summed E-state index contributed by atoms with van der Waals surface area (Å²) < 4.78 is 10.7. The first-order valence-corrected chi connectivity index (χ1v) is 8.70. The number of benzene rings is 1. The quantitative estimate of drug-likeness (QED) is 0.907. The van der Waals surface area contributed by atoms with Gasteiger partial charge in [0.15, 0.2) is 0 Å². The molecule has 1 aliphatic rings. The molecule has 0 aliphatic carbocycles. The Morgan fingerprint density at radius 1 is 1.24 bits per heavy atom. The van der Waals surface area contributed by atoms with Crippen molar-refractivity contribution in [2.75, 3.05) is 13.1 Å². The molecule has 1 heterocycles. The number of piperidine rings is 1. The van der Waals surface area contributed by atoms with E-state index < -0.39 is 11.7 Å². The summed E-state index contributed by atoms with van der Waals surface area (Å²) in [5, 5.41) is 2.88. The van der Waals surface area contributed by atoms with Crippen molar-refractivity contribution in [1.29, 1.82) is 0 Å². The lowest BCUT2D eigenvalue weighted by molar-refractivity contribution is 0.0143. The summed E-state index contributed by atoms with van der Waals surface area (Å²) in [6.45, 7) is 8.87. The molecular formula is C19H28N2O4. The van der Waals surface area contributed by atoms with Crippen molar-refractivity contribution in [2.45, 2.75) is 52.4 Å². The molecule has 2 atom stereocenters. The van der Waals surface area contributed by atoms with E-state index in [4.69, 9.17) is 9.47 Å². The van der Waals surface area contributed by atoms with E-state index in [1.165, 1.54) is 0 Å². The van der Waals surface area contributed by atoms with E-state index >= 15 is 0 Å². The van der Waals surface area contributed by atoms with Gasteiger partial charge in [-0.2, -0.15) is 0 Å². The van der Waals surface area contributed by atoms with E-state index in [0.29, 0.717) is 13.1 Å². The fraction of sp³-hybridized carbons (Fsp3) is 0.579. The number of hydrogen-bond acceptors (Lipinski definition) is 4. The highest BCUT2D eigenvalue weighted by molar-refractivity contribution is 5.69. The van der Waals surface area contributed by atoms with Gasteiger partial charge in [-0.3, -0.25) is 0 Å². The third kappa shape index (κ3) is 6.29. The number of rotatable bonds is 3. The number of alkyl carbamates (subject to hydrolysis) is 1. The van der Waals surface area contributed by atoms with Crippen molar-refractivity contribution in [3.05, 3.63) is 35.9 Å². The first kappa shape index (κ1) is 19.1. The smallest absolute Gasteiger partial charge is 0.410 e. The van der Waals surface area contributed by atoms with Gasteiger partial charge in [-0.1, -0.05) is 37.3 Å². The molecule has 0 radical (unpaired) electrons. The summed E-state index contributed by atoms with van der Waals surface area (Å²) in [5.74, 6) is 0.267. The molecule has 25 heavy (non-hydrogen) atoms. The third-order valence-corrected chi connectivity index (χ3v) is 4.13. The summed E-state index contributed by atoms with van der Waals surface area (Å²) in [5.41, 5.74) is 0.405. The highest BCUT2D eigenvalue weighted by Gasteiger charge is 2.32. The molecule has 0 aromatic heterocycles. The van der Waals surface area contributed by atoms with Crippen LogP contribution in [0.15, 0.2) is 30.3 Å². The Morgan fingerprint density at radius 3 is 2.56 bits per heavy atom. The van der Waals surface area contributed by atoms with E-state index in [-0.39, 0.29) is 24.7 Å². The van der Waals surface area contributed by atoms with E-state index in [1.54, 1.807) is 4.90 Å². The van der Waals surface area contributed by atoms with Crippen molar-refractivity contribution < 1.29 is 19.1 Å². The Hall–Kier alpha value is -2.24. The van der Waals surface area contributed by atoms with Gasteiger partial charge in [0.2, 0.25) is 0 Å². The number of hydrogen-bond donors (Lipinski definition) is 1. The SMILES string of the molecule is C[C@@H]1CCN(C(=O)OC(C)(C)C)C[C@H]1NC(=O)OCc1ccccc1. The second kappa shape index (κ2) is 8.23. The van der Waals surface area contributed by atoms with E-state index in [1.807, 2.05) is 51.1 Å². The van der Waals surface area contributed by atoms with Crippen molar-refractivity contribution in [3.63, 3.8) is 0 Å². The standard InChI is InChI=1S/C19H28N2O4/c1-14-10-11-21(18(23)25-19(2,3)4)12-16(14)20-17(22)24-13-15-8-6-5-7-9-15/h5-9,14,16H,10-13H2,1-4H3,(H,20,22)/t14-,16-/m1/s1. The molecule has 2 rings (SSSR count). The minimum Gasteiger partial charge on any atom is -0.445 e. The normalized spacial score (nSPS) is 20.7. The van der Waals surface area contributed by atoms with Gasteiger partial charge in [0, 0.05) is 13.1 Å². The van der Waals surface area contributed by atoms with Gasteiger partial charge in [0.25, 0.3) is 0 Å². The molecule has 1 aliphatic heterocycles. The molecule has 1 N–H and O–H groups in total. The molecule has 6 nitrogen and oxygen atoms in total. The van der Waals surface area contributed by atoms with Crippen LogP contribution in [0.25, 0.3) is 0 Å². The summed E-state index contributed by atoms with van der Waals surface area (Å²) in [7, 11) is 0. The van der Waals surface area contributed by atoms with Gasteiger partial charge in [-0.15, -0.1) is 0 Å². The van der Waals surface area contributed by atoms with Crippen LogP contribution in [0.1, 0.15) is 39.7 Å². The van der Waals surface area contributed by atoms with Gasteiger partial charge < -0.3 is 19.7 Å². The number of carbonyl (C=O) groups is 2. The van der Waals surface area contributed by atoms with Crippen LogP contribution in [0.2, 0.25) is 0 Å². The van der Waals surface area contributed by atoms with Crippen LogP contribution in [0, 0.1) is 5.92 Å². The lowest BCUT2D eigenvalue weighted by Crippen LogP contribution is -2.54. The molecule has 0 unspecified atom stereocenters. The Morgan fingerprint density at radius 2 is 1.92 bits per heavy atom. The first-order chi connectivity index (χ1) is 11.7. The Labute approximate surface area is 149 Å². The Balaban J connectivity index is 1.84. The molecule has 1 aromatic carbocycles. The van der Waals surface area contributed by atoms with Gasteiger partial charge in [-0.25, -0.2) is 9.59 Å².